The van der Waals surface area contributed by atoms with Crippen LogP contribution in [0.4, 0.5) is 0 Å². The van der Waals surface area contributed by atoms with Crippen molar-refractivity contribution in [2.45, 2.75) is 19.4 Å². The molecule has 2 rings (SSSR count). The zero-order chi connectivity index (χ0) is 9.10. The second-order valence-electron chi connectivity index (χ2n) is 3.57. The van der Waals surface area contributed by atoms with Crippen LogP contribution in [0.1, 0.15) is 12.8 Å². The molecular weight excluding hydrogens is 265 g/mol. The number of halogens is 2. The third-order valence-electron chi connectivity index (χ3n) is 2.51. The van der Waals surface area contributed by atoms with Crippen molar-refractivity contribution < 1.29 is 0 Å². The van der Waals surface area contributed by atoms with Crippen LogP contribution in [0.25, 0.3) is 0 Å². The summed E-state index contributed by atoms with van der Waals surface area (Å²) in [6.07, 6.45) is 6.44. The van der Waals surface area contributed by atoms with Gasteiger partial charge in [-0.1, -0.05) is 0 Å². The SMILES string of the molecule is Brc1cnn(CC2CCNCC2)c1.Cl. The Morgan fingerprint density at radius 3 is 2.79 bits per heavy atom. The summed E-state index contributed by atoms with van der Waals surface area (Å²) in [5.74, 6) is 0.799. The van der Waals surface area contributed by atoms with Gasteiger partial charge in [0.25, 0.3) is 0 Å². The fourth-order valence-electron chi connectivity index (χ4n) is 1.77. The van der Waals surface area contributed by atoms with Crippen LogP contribution in [0.5, 0.6) is 0 Å². The standard InChI is InChI=1S/C9H14BrN3.ClH/c10-9-5-12-13(7-9)6-8-1-3-11-4-2-8;/h5,7-8,11H,1-4,6H2;1H. The van der Waals surface area contributed by atoms with Gasteiger partial charge in [-0.2, -0.15) is 5.10 Å². The predicted molar refractivity (Wildman–Crippen MR) is 62.8 cm³/mol. The number of rotatable bonds is 2. The molecule has 0 radical (unpaired) electrons. The molecule has 0 unspecified atom stereocenters. The van der Waals surface area contributed by atoms with E-state index in [1.807, 2.05) is 17.1 Å². The molecule has 80 valence electrons. The first-order chi connectivity index (χ1) is 6.34. The normalized spacial score (nSPS) is 17.8. The average molecular weight is 281 g/mol. The van der Waals surface area contributed by atoms with Crippen molar-refractivity contribution in [2.75, 3.05) is 13.1 Å². The summed E-state index contributed by atoms with van der Waals surface area (Å²) in [5.41, 5.74) is 0. The second-order valence-corrected chi connectivity index (χ2v) is 4.49. The highest BCUT2D eigenvalue weighted by Crippen LogP contribution is 2.15. The van der Waals surface area contributed by atoms with Gasteiger partial charge >= 0.3 is 0 Å². The van der Waals surface area contributed by atoms with Gasteiger partial charge in [-0.15, -0.1) is 12.4 Å². The van der Waals surface area contributed by atoms with Crippen LogP contribution in [0.3, 0.4) is 0 Å². The highest BCUT2D eigenvalue weighted by molar-refractivity contribution is 9.10. The van der Waals surface area contributed by atoms with Gasteiger partial charge in [-0.25, -0.2) is 0 Å². The predicted octanol–water partition coefficient (Wildman–Crippen LogP) is 2.07. The van der Waals surface area contributed by atoms with Gasteiger partial charge in [0, 0.05) is 12.7 Å². The van der Waals surface area contributed by atoms with Gasteiger partial charge in [-0.05, 0) is 47.8 Å². The van der Waals surface area contributed by atoms with Gasteiger partial charge in [0.05, 0.1) is 10.7 Å². The molecule has 1 N–H and O–H groups in total. The number of aromatic nitrogens is 2. The van der Waals surface area contributed by atoms with Crippen LogP contribution in [-0.4, -0.2) is 22.9 Å². The van der Waals surface area contributed by atoms with Gasteiger partial charge in [0.1, 0.15) is 0 Å². The zero-order valence-corrected chi connectivity index (χ0v) is 10.4. The molecule has 2 heterocycles. The molecule has 1 saturated heterocycles. The zero-order valence-electron chi connectivity index (χ0n) is 7.95. The van der Waals surface area contributed by atoms with E-state index in [4.69, 9.17) is 0 Å². The molecule has 14 heavy (non-hydrogen) atoms. The fraction of sp³-hybridized carbons (Fsp3) is 0.667. The minimum absolute atomic E-state index is 0. The van der Waals surface area contributed by atoms with Crippen molar-refractivity contribution in [2.24, 2.45) is 5.92 Å². The minimum atomic E-state index is 0. The lowest BCUT2D eigenvalue weighted by Gasteiger charge is -2.22. The Kier molecular flexibility index (Phi) is 4.92. The van der Waals surface area contributed by atoms with Crippen molar-refractivity contribution in [3.05, 3.63) is 16.9 Å². The van der Waals surface area contributed by atoms with E-state index in [1.165, 1.54) is 12.8 Å². The number of hydrogen-bond donors (Lipinski definition) is 1. The van der Waals surface area contributed by atoms with E-state index in [0.29, 0.717) is 0 Å². The molecule has 1 aliphatic rings. The Morgan fingerprint density at radius 1 is 1.50 bits per heavy atom. The van der Waals surface area contributed by atoms with Crippen molar-refractivity contribution in [1.29, 1.82) is 0 Å². The van der Waals surface area contributed by atoms with Gasteiger partial charge in [0.2, 0.25) is 0 Å². The van der Waals surface area contributed by atoms with Crippen LogP contribution in [-0.2, 0) is 6.54 Å². The highest BCUT2D eigenvalue weighted by atomic mass is 79.9. The summed E-state index contributed by atoms with van der Waals surface area (Å²) < 4.78 is 3.10. The molecule has 0 saturated carbocycles. The highest BCUT2D eigenvalue weighted by Gasteiger charge is 2.13. The summed E-state index contributed by atoms with van der Waals surface area (Å²) in [6.45, 7) is 3.38. The summed E-state index contributed by atoms with van der Waals surface area (Å²) in [7, 11) is 0. The van der Waals surface area contributed by atoms with Crippen LogP contribution < -0.4 is 5.32 Å². The molecular formula is C9H15BrClN3. The van der Waals surface area contributed by atoms with Crippen LogP contribution in [0.15, 0.2) is 16.9 Å². The molecule has 1 aromatic heterocycles. The van der Waals surface area contributed by atoms with E-state index in [2.05, 4.69) is 26.3 Å². The Bertz CT molecular complexity index is 271. The maximum absolute atomic E-state index is 4.26. The van der Waals surface area contributed by atoms with Crippen molar-refractivity contribution in [3.8, 4) is 0 Å². The van der Waals surface area contributed by atoms with E-state index in [1.54, 1.807) is 0 Å². The van der Waals surface area contributed by atoms with E-state index in [9.17, 15) is 0 Å². The first-order valence-electron chi connectivity index (χ1n) is 4.73. The topological polar surface area (TPSA) is 29.9 Å². The molecule has 5 heteroatoms. The monoisotopic (exact) mass is 279 g/mol. The molecule has 0 atom stereocenters. The number of nitrogens with one attached hydrogen (secondary N) is 1. The Balaban J connectivity index is 0.000000980. The second kappa shape index (κ2) is 5.73. The van der Waals surface area contributed by atoms with Gasteiger partial charge in [-0.3, -0.25) is 4.68 Å². The Morgan fingerprint density at radius 2 is 2.21 bits per heavy atom. The molecule has 1 fully saturated rings. The van der Waals surface area contributed by atoms with Crippen molar-refractivity contribution >= 4 is 28.3 Å². The molecule has 0 spiro atoms. The maximum Gasteiger partial charge on any atom is 0.0632 e. The number of hydrogen-bond acceptors (Lipinski definition) is 2. The first kappa shape index (κ1) is 12.0. The summed E-state index contributed by atoms with van der Waals surface area (Å²) >= 11 is 3.40. The molecule has 3 nitrogen and oxygen atoms in total. The van der Waals surface area contributed by atoms with Crippen LogP contribution in [0, 0.1) is 5.92 Å². The first-order valence-corrected chi connectivity index (χ1v) is 5.52. The summed E-state index contributed by atoms with van der Waals surface area (Å²) in [4.78, 5) is 0. The molecule has 1 aromatic rings. The van der Waals surface area contributed by atoms with E-state index < -0.39 is 0 Å². The number of piperidine rings is 1. The third kappa shape index (κ3) is 3.26. The third-order valence-corrected chi connectivity index (χ3v) is 2.92. The lowest BCUT2D eigenvalue weighted by Crippen LogP contribution is -2.29. The summed E-state index contributed by atoms with van der Waals surface area (Å²) in [5, 5.41) is 7.63. The number of nitrogens with zero attached hydrogens (tertiary/aromatic N) is 2. The Labute approximate surface area is 98.8 Å². The lowest BCUT2D eigenvalue weighted by molar-refractivity contribution is 0.321. The quantitative estimate of drug-likeness (QED) is 0.899. The summed E-state index contributed by atoms with van der Waals surface area (Å²) in [6, 6.07) is 0. The van der Waals surface area contributed by atoms with Crippen LogP contribution in [0.2, 0.25) is 0 Å². The fourth-order valence-corrected chi connectivity index (χ4v) is 2.09. The largest absolute Gasteiger partial charge is 0.317 e. The molecule has 0 bridgehead atoms. The van der Waals surface area contributed by atoms with Crippen LogP contribution >= 0.6 is 28.3 Å². The minimum Gasteiger partial charge on any atom is -0.317 e. The van der Waals surface area contributed by atoms with E-state index in [0.717, 1.165) is 30.0 Å². The molecule has 0 aromatic carbocycles. The Hall–Kier alpha value is -0.0600. The molecule has 0 amide bonds. The van der Waals surface area contributed by atoms with Crippen molar-refractivity contribution in [3.63, 3.8) is 0 Å². The maximum atomic E-state index is 4.26. The smallest absolute Gasteiger partial charge is 0.0632 e. The molecule has 0 aliphatic carbocycles. The van der Waals surface area contributed by atoms with Gasteiger partial charge < -0.3 is 5.32 Å². The van der Waals surface area contributed by atoms with Crippen molar-refractivity contribution in [1.82, 2.24) is 15.1 Å². The van der Waals surface area contributed by atoms with E-state index in [-0.39, 0.29) is 12.4 Å². The van der Waals surface area contributed by atoms with E-state index >= 15 is 0 Å². The average Bonchev–Trinajstić information content (AvgIpc) is 2.53. The molecule has 1 aliphatic heterocycles. The van der Waals surface area contributed by atoms with Gasteiger partial charge in [0.15, 0.2) is 0 Å². The lowest BCUT2D eigenvalue weighted by atomic mass is 9.98.